The smallest absolute Gasteiger partial charge is 0.164 e. The third-order valence-corrected chi connectivity index (χ3v) is 6.36. The molecule has 37 heavy (non-hydrogen) atoms. The summed E-state index contributed by atoms with van der Waals surface area (Å²) in [6.07, 6.45) is 1.83. The average molecular weight is 477 g/mol. The lowest BCUT2D eigenvalue weighted by Gasteiger charge is -2.10. The summed E-state index contributed by atoms with van der Waals surface area (Å²) in [5.74, 6) is 1.97. The molecule has 0 radical (unpaired) electrons. The molecule has 6 rings (SSSR count). The zero-order valence-corrected chi connectivity index (χ0v) is 20.4. The Hall–Kier alpha value is -4.96. The van der Waals surface area contributed by atoms with Gasteiger partial charge in [-0.2, -0.15) is 0 Å². The van der Waals surface area contributed by atoms with Crippen molar-refractivity contribution >= 4 is 0 Å². The Morgan fingerprint density at radius 3 is 1.46 bits per heavy atom. The summed E-state index contributed by atoms with van der Waals surface area (Å²) in [6, 6.07) is 41.1. The Kier molecular flexibility index (Phi) is 6.05. The Labute approximate surface area is 216 Å². The van der Waals surface area contributed by atoms with Crippen LogP contribution in [0.25, 0.3) is 56.4 Å². The van der Waals surface area contributed by atoms with Crippen LogP contribution in [-0.4, -0.2) is 19.9 Å². The van der Waals surface area contributed by atoms with Gasteiger partial charge in [-0.25, -0.2) is 15.0 Å². The monoisotopic (exact) mass is 476 g/mol. The molecule has 0 bridgehead atoms. The van der Waals surface area contributed by atoms with Gasteiger partial charge in [-0.15, -0.1) is 0 Å². The third-order valence-electron chi connectivity index (χ3n) is 6.36. The Morgan fingerprint density at radius 2 is 0.892 bits per heavy atom. The summed E-state index contributed by atoms with van der Waals surface area (Å²) in [7, 11) is 0. The van der Waals surface area contributed by atoms with Gasteiger partial charge in [-0.05, 0) is 35.7 Å². The van der Waals surface area contributed by atoms with Gasteiger partial charge in [0.2, 0.25) is 0 Å². The van der Waals surface area contributed by atoms with Crippen LogP contribution >= 0.6 is 0 Å². The number of nitrogens with zero attached hydrogens (tertiary/aromatic N) is 4. The van der Waals surface area contributed by atoms with Crippen molar-refractivity contribution in [2.75, 3.05) is 0 Å². The second kappa shape index (κ2) is 9.96. The van der Waals surface area contributed by atoms with Crippen LogP contribution in [0.3, 0.4) is 0 Å². The van der Waals surface area contributed by atoms with E-state index in [-0.39, 0.29) is 0 Å². The van der Waals surface area contributed by atoms with E-state index in [2.05, 4.69) is 59.6 Å². The van der Waals surface area contributed by atoms with E-state index in [1.807, 2.05) is 79.9 Å². The van der Waals surface area contributed by atoms with Crippen LogP contribution in [0.1, 0.15) is 5.69 Å². The minimum atomic E-state index is 0.652. The van der Waals surface area contributed by atoms with Gasteiger partial charge in [-0.1, -0.05) is 109 Å². The molecule has 4 aromatic carbocycles. The van der Waals surface area contributed by atoms with Crippen molar-refractivity contribution in [2.45, 2.75) is 6.92 Å². The molecule has 4 nitrogen and oxygen atoms in total. The van der Waals surface area contributed by atoms with Crippen LogP contribution < -0.4 is 0 Å². The molecule has 0 fully saturated rings. The Bertz CT molecular complexity index is 1600. The Morgan fingerprint density at radius 1 is 0.405 bits per heavy atom. The number of aromatic nitrogens is 4. The lowest BCUT2D eigenvalue weighted by molar-refractivity contribution is 1.07. The summed E-state index contributed by atoms with van der Waals surface area (Å²) < 4.78 is 0. The molecule has 2 aromatic heterocycles. The maximum absolute atomic E-state index is 4.84. The number of hydrogen-bond acceptors (Lipinski definition) is 4. The minimum Gasteiger partial charge on any atom is -0.261 e. The first-order valence-electron chi connectivity index (χ1n) is 12.2. The third kappa shape index (κ3) is 4.78. The predicted octanol–water partition coefficient (Wildman–Crippen LogP) is 7.91. The van der Waals surface area contributed by atoms with Gasteiger partial charge in [0.15, 0.2) is 17.5 Å². The fourth-order valence-electron chi connectivity index (χ4n) is 4.41. The van der Waals surface area contributed by atoms with Crippen molar-refractivity contribution in [3.05, 3.63) is 133 Å². The molecular formula is C33H24N4. The fraction of sp³-hybridized carbons (Fsp3) is 0.0303. The van der Waals surface area contributed by atoms with Gasteiger partial charge in [-0.3, -0.25) is 4.98 Å². The average Bonchev–Trinajstić information content (AvgIpc) is 2.98. The summed E-state index contributed by atoms with van der Waals surface area (Å²) in [4.78, 5) is 18.9. The molecule has 0 amide bonds. The molecule has 0 unspecified atom stereocenters. The zero-order valence-electron chi connectivity index (χ0n) is 20.4. The quantitative estimate of drug-likeness (QED) is 0.254. The van der Waals surface area contributed by atoms with E-state index >= 15 is 0 Å². The topological polar surface area (TPSA) is 51.6 Å². The normalized spacial score (nSPS) is 10.8. The van der Waals surface area contributed by atoms with Crippen molar-refractivity contribution in [3.8, 4) is 56.4 Å². The van der Waals surface area contributed by atoms with Crippen LogP contribution in [0.2, 0.25) is 0 Å². The molecule has 6 aromatic rings. The highest BCUT2D eigenvalue weighted by Crippen LogP contribution is 2.30. The fourth-order valence-corrected chi connectivity index (χ4v) is 4.41. The van der Waals surface area contributed by atoms with E-state index in [0.29, 0.717) is 17.5 Å². The first kappa shape index (κ1) is 22.5. The maximum Gasteiger partial charge on any atom is 0.164 e. The van der Waals surface area contributed by atoms with Gasteiger partial charge in [0.05, 0.1) is 0 Å². The van der Waals surface area contributed by atoms with Gasteiger partial charge >= 0.3 is 0 Å². The lowest BCUT2D eigenvalue weighted by Crippen LogP contribution is -2.00. The summed E-state index contributed by atoms with van der Waals surface area (Å²) in [6.45, 7) is 2.04. The van der Waals surface area contributed by atoms with Gasteiger partial charge < -0.3 is 0 Å². The molecule has 0 aliphatic carbocycles. The highest BCUT2D eigenvalue weighted by Gasteiger charge is 2.12. The van der Waals surface area contributed by atoms with Crippen LogP contribution in [0.5, 0.6) is 0 Å². The molecule has 0 atom stereocenters. The lowest BCUT2D eigenvalue weighted by atomic mass is 9.98. The van der Waals surface area contributed by atoms with Gasteiger partial charge in [0, 0.05) is 34.1 Å². The highest BCUT2D eigenvalue weighted by atomic mass is 15.0. The number of pyridine rings is 1. The predicted molar refractivity (Wildman–Crippen MR) is 150 cm³/mol. The van der Waals surface area contributed by atoms with Crippen LogP contribution in [0, 0.1) is 6.92 Å². The van der Waals surface area contributed by atoms with E-state index in [1.54, 1.807) is 0 Å². The first-order valence-corrected chi connectivity index (χ1v) is 12.2. The summed E-state index contributed by atoms with van der Waals surface area (Å²) in [5, 5.41) is 0. The molecule has 0 N–H and O–H groups in total. The van der Waals surface area contributed by atoms with Crippen molar-refractivity contribution in [3.63, 3.8) is 0 Å². The maximum atomic E-state index is 4.84. The van der Waals surface area contributed by atoms with E-state index in [9.17, 15) is 0 Å². The second-order valence-corrected chi connectivity index (χ2v) is 8.83. The SMILES string of the molecule is Cc1ncccc1-c1cccc(-c2ccc(-c3nc(-c4ccccc4)nc(-c4ccccc4)n3)cc2)c1. The molecule has 0 saturated carbocycles. The van der Waals surface area contributed by atoms with Gasteiger partial charge in [0.25, 0.3) is 0 Å². The van der Waals surface area contributed by atoms with E-state index < -0.39 is 0 Å². The standard InChI is InChI=1S/C33H24N4/c1-23-30(16-9-21-34-23)29-15-8-14-28(22-29)24-17-19-27(20-18-24)33-36-31(25-10-4-2-5-11-25)35-32(37-33)26-12-6-3-7-13-26/h2-22H,1H3. The Balaban J connectivity index is 1.38. The second-order valence-electron chi connectivity index (χ2n) is 8.83. The van der Waals surface area contributed by atoms with E-state index in [0.717, 1.165) is 44.6 Å². The molecular weight excluding hydrogens is 452 g/mol. The van der Waals surface area contributed by atoms with Crippen LogP contribution in [-0.2, 0) is 0 Å². The van der Waals surface area contributed by atoms with Crippen LogP contribution in [0.4, 0.5) is 0 Å². The zero-order chi connectivity index (χ0) is 25.0. The number of rotatable bonds is 5. The summed E-state index contributed by atoms with van der Waals surface area (Å²) >= 11 is 0. The first-order chi connectivity index (χ1) is 18.2. The number of benzene rings is 4. The highest BCUT2D eigenvalue weighted by molar-refractivity contribution is 5.75. The van der Waals surface area contributed by atoms with Crippen LogP contribution in [0.15, 0.2) is 128 Å². The molecule has 0 spiro atoms. The molecule has 2 heterocycles. The number of hydrogen-bond donors (Lipinski definition) is 0. The van der Waals surface area contributed by atoms with Gasteiger partial charge in [0.1, 0.15) is 0 Å². The van der Waals surface area contributed by atoms with E-state index in [4.69, 9.17) is 15.0 Å². The molecule has 0 aliphatic rings. The minimum absolute atomic E-state index is 0.652. The van der Waals surface area contributed by atoms with Crippen molar-refractivity contribution in [1.82, 2.24) is 19.9 Å². The molecule has 0 aliphatic heterocycles. The largest absolute Gasteiger partial charge is 0.261 e. The van der Waals surface area contributed by atoms with Crippen molar-refractivity contribution < 1.29 is 0 Å². The van der Waals surface area contributed by atoms with Crippen molar-refractivity contribution in [1.29, 1.82) is 0 Å². The number of aryl methyl sites for hydroxylation is 1. The summed E-state index contributed by atoms with van der Waals surface area (Å²) in [5.41, 5.74) is 8.47. The molecule has 176 valence electrons. The molecule has 4 heteroatoms. The molecule has 0 saturated heterocycles. The van der Waals surface area contributed by atoms with Crippen molar-refractivity contribution in [2.24, 2.45) is 0 Å². The van der Waals surface area contributed by atoms with E-state index in [1.165, 1.54) is 0 Å².